The van der Waals surface area contributed by atoms with Crippen molar-refractivity contribution in [2.24, 2.45) is 0 Å². The Kier molecular flexibility index (Phi) is 7.99. The fourth-order valence-electron chi connectivity index (χ4n) is 1.84. The van der Waals surface area contributed by atoms with Gasteiger partial charge in [-0.2, -0.15) is 13.2 Å². The average Bonchev–Trinajstić information content (AvgIpc) is 2.66. The van der Waals surface area contributed by atoms with Crippen molar-refractivity contribution in [3.05, 3.63) is 48.2 Å². The van der Waals surface area contributed by atoms with Crippen molar-refractivity contribution >= 4 is 18.0 Å². The normalized spacial score (nSPS) is 10.8. The van der Waals surface area contributed by atoms with E-state index in [0.29, 0.717) is 11.5 Å². The number of halogens is 3. The van der Waals surface area contributed by atoms with Gasteiger partial charge in [-0.05, 0) is 35.9 Å². The van der Waals surface area contributed by atoms with Crippen LogP contribution in [0.1, 0.15) is 5.56 Å². The highest BCUT2D eigenvalue weighted by Crippen LogP contribution is 2.31. The molecule has 0 amide bonds. The van der Waals surface area contributed by atoms with Gasteiger partial charge in [-0.3, -0.25) is 4.98 Å². The van der Waals surface area contributed by atoms with E-state index >= 15 is 0 Å². The third kappa shape index (κ3) is 6.98. The first-order valence-electron chi connectivity index (χ1n) is 7.48. The minimum atomic E-state index is -5.08. The first kappa shape index (κ1) is 22.5. The molecule has 0 spiro atoms. The molecule has 150 valence electrons. The predicted octanol–water partition coefficient (Wildman–Crippen LogP) is 3.50. The van der Waals surface area contributed by atoms with Crippen LogP contribution in [0.4, 0.5) is 13.2 Å². The van der Waals surface area contributed by atoms with Gasteiger partial charge in [0.2, 0.25) is 0 Å². The monoisotopic (exact) mass is 399 g/mol. The Morgan fingerprint density at radius 2 is 1.64 bits per heavy atom. The molecule has 0 aliphatic heterocycles. The summed E-state index contributed by atoms with van der Waals surface area (Å²) in [7, 11) is 3.16. The maximum atomic E-state index is 10.6. The van der Waals surface area contributed by atoms with E-state index in [4.69, 9.17) is 24.5 Å². The molecular weight excluding hydrogens is 383 g/mol. The van der Waals surface area contributed by atoms with Crippen LogP contribution in [0.2, 0.25) is 0 Å². The molecule has 2 aromatic rings. The molecule has 0 fully saturated rings. The van der Waals surface area contributed by atoms with E-state index in [1.807, 2.05) is 24.3 Å². The molecule has 28 heavy (non-hydrogen) atoms. The zero-order valence-electron chi connectivity index (χ0n) is 14.7. The second-order valence-corrected chi connectivity index (χ2v) is 5.02. The van der Waals surface area contributed by atoms with E-state index in [-0.39, 0.29) is 0 Å². The van der Waals surface area contributed by atoms with Crippen LogP contribution in [-0.4, -0.2) is 47.5 Å². The number of rotatable bonds is 5. The van der Waals surface area contributed by atoms with E-state index in [1.165, 1.54) is 6.08 Å². The summed E-state index contributed by atoms with van der Waals surface area (Å²) in [6, 6.07) is 9.17. The van der Waals surface area contributed by atoms with Crippen LogP contribution >= 0.6 is 0 Å². The molecule has 0 unspecified atom stereocenters. The van der Waals surface area contributed by atoms with Crippen LogP contribution in [-0.2, 0) is 9.59 Å². The molecule has 0 saturated heterocycles. The van der Waals surface area contributed by atoms with E-state index in [1.54, 1.807) is 26.5 Å². The highest BCUT2D eigenvalue weighted by Gasteiger charge is 2.38. The Labute approximate surface area is 157 Å². The molecule has 0 radical (unpaired) electrons. The van der Waals surface area contributed by atoms with Gasteiger partial charge in [0.05, 0.1) is 19.9 Å². The number of ether oxygens (including phenoxy) is 2. The molecule has 0 bridgehead atoms. The van der Waals surface area contributed by atoms with Crippen LogP contribution in [0.15, 0.2) is 42.6 Å². The van der Waals surface area contributed by atoms with Gasteiger partial charge in [0.25, 0.3) is 0 Å². The Hall–Kier alpha value is -3.56. The first-order chi connectivity index (χ1) is 13.1. The second-order valence-electron chi connectivity index (χ2n) is 5.02. The summed E-state index contributed by atoms with van der Waals surface area (Å²) < 4.78 is 42.2. The number of benzene rings is 1. The van der Waals surface area contributed by atoms with Crippen LogP contribution in [0, 0.1) is 0 Å². The van der Waals surface area contributed by atoms with Gasteiger partial charge in [0.15, 0.2) is 11.5 Å². The van der Waals surface area contributed by atoms with Gasteiger partial charge in [0, 0.05) is 17.8 Å². The van der Waals surface area contributed by atoms with Crippen molar-refractivity contribution in [1.82, 2.24) is 4.98 Å². The summed E-state index contributed by atoms with van der Waals surface area (Å²) in [5.41, 5.74) is 2.38. The number of hydrogen-bond acceptors (Lipinski definition) is 5. The van der Waals surface area contributed by atoms with E-state index in [9.17, 15) is 18.0 Å². The van der Waals surface area contributed by atoms with Gasteiger partial charge in [-0.1, -0.05) is 6.07 Å². The molecule has 0 aliphatic carbocycles. The Morgan fingerprint density at radius 1 is 1.04 bits per heavy atom. The fraction of sp³-hybridized carbons (Fsp3) is 0.167. The SMILES string of the molecule is COc1ccc(-c2ccc(/C=C/C(=O)O)cn2)cc1OC.O=C(O)C(F)(F)F. The molecule has 1 heterocycles. The smallest absolute Gasteiger partial charge is 0.490 e. The minimum absolute atomic E-state index is 0.631. The maximum Gasteiger partial charge on any atom is 0.490 e. The molecule has 10 heteroatoms. The maximum absolute atomic E-state index is 10.6. The third-order valence-corrected chi connectivity index (χ3v) is 3.13. The third-order valence-electron chi connectivity index (χ3n) is 3.13. The summed E-state index contributed by atoms with van der Waals surface area (Å²) in [4.78, 5) is 23.7. The minimum Gasteiger partial charge on any atom is -0.493 e. The molecule has 7 nitrogen and oxygen atoms in total. The summed E-state index contributed by atoms with van der Waals surface area (Å²) in [5, 5.41) is 15.7. The quantitative estimate of drug-likeness (QED) is 0.741. The number of nitrogens with zero attached hydrogens (tertiary/aromatic N) is 1. The van der Waals surface area contributed by atoms with Crippen LogP contribution in [0.25, 0.3) is 17.3 Å². The predicted molar refractivity (Wildman–Crippen MR) is 93.1 cm³/mol. The zero-order valence-corrected chi connectivity index (χ0v) is 14.7. The standard InChI is InChI=1S/C16H15NO4.C2HF3O2/c1-20-14-7-5-12(9-15(14)21-2)13-6-3-11(10-17-13)4-8-16(18)19;3-2(4,5)1(6)7/h3-10H,1-2H3,(H,18,19);(H,6,7)/b8-4+;. The molecule has 1 aromatic carbocycles. The molecule has 0 aliphatic rings. The number of aliphatic carboxylic acids is 2. The number of carboxylic acids is 2. The summed E-state index contributed by atoms with van der Waals surface area (Å²) in [6.07, 6.45) is -0.897. The second kappa shape index (κ2) is 9.95. The van der Waals surface area contributed by atoms with Crippen LogP contribution in [0.5, 0.6) is 11.5 Å². The topological polar surface area (TPSA) is 106 Å². The van der Waals surface area contributed by atoms with Gasteiger partial charge < -0.3 is 19.7 Å². The molecule has 2 rings (SSSR count). The molecule has 0 atom stereocenters. The van der Waals surface area contributed by atoms with Crippen molar-refractivity contribution in [2.45, 2.75) is 6.18 Å². The highest BCUT2D eigenvalue weighted by atomic mass is 19.4. The lowest BCUT2D eigenvalue weighted by Crippen LogP contribution is -2.21. The number of pyridine rings is 1. The van der Waals surface area contributed by atoms with Crippen molar-refractivity contribution in [1.29, 1.82) is 0 Å². The van der Waals surface area contributed by atoms with Gasteiger partial charge in [-0.25, -0.2) is 9.59 Å². The Morgan fingerprint density at radius 3 is 2.07 bits per heavy atom. The van der Waals surface area contributed by atoms with E-state index < -0.39 is 18.1 Å². The van der Waals surface area contributed by atoms with Gasteiger partial charge in [0.1, 0.15) is 0 Å². The lowest BCUT2D eigenvalue weighted by molar-refractivity contribution is -0.192. The van der Waals surface area contributed by atoms with Crippen molar-refractivity contribution in [2.75, 3.05) is 14.2 Å². The number of carboxylic acid groups (broad SMARTS) is 2. The van der Waals surface area contributed by atoms with Gasteiger partial charge >= 0.3 is 18.1 Å². The highest BCUT2D eigenvalue weighted by molar-refractivity contribution is 5.85. The number of aromatic nitrogens is 1. The van der Waals surface area contributed by atoms with Crippen molar-refractivity contribution in [3.63, 3.8) is 0 Å². The Bertz CT molecular complexity index is 847. The van der Waals surface area contributed by atoms with Crippen molar-refractivity contribution < 1.29 is 42.4 Å². The lowest BCUT2D eigenvalue weighted by atomic mass is 10.1. The fourth-order valence-corrected chi connectivity index (χ4v) is 1.84. The van der Waals surface area contributed by atoms with Crippen LogP contribution < -0.4 is 9.47 Å². The van der Waals surface area contributed by atoms with Crippen molar-refractivity contribution in [3.8, 4) is 22.8 Å². The summed E-state index contributed by atoms with van der Waals surface area (Å²) in [5.74, 6) is -2.46. The van der Waals surface area contributed by atoms with Gasteiger partial charge in [-0.15, -0.1) is 0 Å². The number of carbonyl (C=O) groups is 2. The first-order valence-corrected chi connectivity index (χ1v) is 7.48. The average molecular weight is 399 g/mol. The summed E-state index contributed by atoms with van der Waals surface area (Å²) >= 11 is 0. The van der Waals surface area contributed by atoms with Crippen LogP contribution in [0.3, 0.4) is 0 Å². The molecular formula is C18H16F3NO6. The molecule has 2 N–H and O–H groups in total. The van der Waals surface area contributed by atoms with E-state index in [0.717, 1.165) is 22.9 Å². The lowest BCUT2D eigenvalue weighted by Gasteiger charge is -2.09. The Balaban J connectivity index is 0.000000480. The summed E-state index contributed by atoms with van der Waals surface area (Å²) in [6.45, 7) is 0. The number of hydrogen-bond donors (Lipinski definition) is 2. The number of methoxy groups -OCH3 is 2. The number of alkyl halides is 3. The molecule has 1 aromatic heterocycles. The zero-order chi connectivity index (χ0) is 21.3. The van der Waals surface area contributed by atoms with E-state index in [2.05, 4.69) is 4.98 Å². The largest absolute Gasteiger partial charge is 0.493 e. The molecule has 0 saturated carbocycles.